The van der Waals surface area contributed by atoms with Crippen molar-refractivity contribution in [3.05, 3.63) is 30.5 Å². The van der Waals surface area contributed by atoms with Gasteiger partial charge in [-0.3, -0.25) is 9.78 Å². The molecule has 0 spiro atoms. The Labute approximate surface area is 122 Å². The van der Waals surface area contributed by atoms with Crippen molar-refractivity contribution in [3.8, 4) is 0 Å². The van der Waals surface area contributed by atoms with Gasteiger partial charge in [-0.15, -0.1) is 11.6 Å². The Morgan fingerprint density at radius 3 is 2.55 bits per heavy atom. The van der Waals surface area contributed by atoms with Gasteiger partial charge in [0, 0.05) is 26.2 Å². The third-order valence-corrected chi connectivity index (χ3v) is 3.74. The largest absolute Gasteiger partial charge is 0.352 e. The number of aromatic nitrogens is 2. The van der Waals surface area contributed by atoms with Crippen LogP contribution in [0.25, 0.3) is 11.0 Å². The molecule has 1 fully saturated rings. The Morgan fingerprint density at radius 1 is 1.15 bits per heavy atom. The van der Waals surface area contributed by atoms with Crippen LogP contribution in [0.2, 0.25) is 0 Å². The highest BCUT2D eigenvalue weighted by Crippen LogP contribution is 2.16. The molecule has 20 heavy (non-hydrogen) atoms. The second-order valence-electron chi connectivity index (χ2n) is 4.72. The zero-order valence-electron chi connectivity index (χ0n) is 11.0. The van der Waals surface area contributed by atoms with Crippen molar-refractivity contribution in [2.75, 3.05) is 37.0 Å². The molecule has 0 bridgehead atoms. The zero-order valence-corrected chi connectivity index (χ0v) is 11.8. The molecule has 0 atom stereocenters. The Hall–Kier alpha value is -1.88. The van der Waals surface area contributed by atoms with Gasteiger partial charge in [0.25, 0.3) is 0 Å². The fourth-order valence-corrected chi connectivity index (χ4v) is 2.54. The van der Waals surface area contributed by atoms with Crippen molar-refractivity contribution >= 4 is 34.4 Å². The first-order valence-corrected chi connectivity index (χ1v) is 7.12. The minimum Gasteiger partial charge on any atom is -0.352 e. The molecule has 0 aliphatic carbocycles. The average molecular weight is 291 g/mol. The summed E-state index contributed by atoms with van der Waals surface area (Å²) in [6, 6.07) is 7.81. The Morgan fingerprint density at radius 2 is 1.85 bits per heavy atom. The fourth-order valence-electron chi connectivity index (χ4n) is 2.37. The van der Waals surface area contributed by atoms with Gasteiger partial charge >= 0.3 is 0 Å². The van der Waals surface area contributed by atoms with Crippen LogP contribution in [0.3, 0.4) is 0 Å². The highest BCUT2D eigenvalue weighted by atomic mass is 35.5. The Kier molecular flexibility index (Phi) is 3.69. The summed E-state index contributed by atoms with van der Waals surface area (Å²) < 4.78 is 0. The summed E-state index contributed by atoms with van der Waals surface area (Å²) >= 11 is 5.58. The number of nitrogens with zero attached hydrogens (tertiary/aromatic N) is 4. The molecule has 1 aliphatic heterocycles. The molecular weight excluding hydrogens is 276 g/mol. The monoisotopic (exact) mass is 290 g/mol. The lowest BCUT2D eigenvalue weighted by atomic mass is 10.3. The number of anilines is 1. The highest BCUT2D eigenvalue weighted by Gasteiger charge is 2.21. The number of carbonyl (C=O) groups excluding carboxylic acids is 1. The van der Waals surface area contributed by atoms with E-state index in [0.717, 1.165) is 29.9 Å². The molecule has 2 heterocycles. The van der Waals surface area contributed by atoms with Crippen LogP contribution in [0.1, 0.15) is 0 Å². The highest BCUT2D eigenvalue weighted by molar-refractivity contribution is 6.27. The number of amides is 1. The molecular formula is C14H15ClN4O. The third-order valence-electron chi connectivity index (χ3n) is 3.51. The van der Waals surface area contributed by atoms with Crippen LogP contribution in [0.15, 0.2) is 30.5 Å². The van der Waals surface area contributed by atoms with Gasteiger partial charge in [0.1, 0.15) is 11.7 Å². The van der Waals surface area contributed by atoms with Crippen LogP contribution in [0.4, 0.5) is 5.82 Å². The summed E-state index contributed by atoms with van der Waals surface area (Å²) in [6.45, 7) is 2.88. The van der Waals surface area contributed by atoms with Crippen molar-refractivity contribution in [1.29, 1.82) is 0 Å². The summed E-state index contributed by atoms with van der Waals surface area (Å²) in [4.78, 5) is 24.5. The number of rotatable bonds is 2. The summed E-state index contributed by atoms with van der Waals surface area (Å²) in [5, 5.41) is 0. The van der Waals surface area contributed by atoms with Crippen LogP contribution in [0, 0.1) is 0 Å². The molecule has 3 rings (SSSR count). The van der Waals surface area contributed by atoms with Crippen LogP contribution in [-0.4, -0.2) is 52.8 Å². The Bertz CT molecular complexity index is 625. The number of alkyl halides is 1. The van der Waals surface area contributed by atoms with Gasteiger partial charge in [-0.1, -0.05) is 12.1 Å². The molecule has 1 aromatic carbocycles. The standard InChI is InChI=1S/C14H15ClN4O/c15-9-14(20)19-7-5-18(6-8-19)13-10-16-11-3-1-2-4-12(11)17-13/h1-4,10H,5-9H2. The van der Waals surface area contributed by atoms with Gasteiger partial charge < -0.3 is 9.80 Å². The van der Waals surface area contributed by atoms with Crippen molar-refractivity contribution in [1.82, 2.24) is 14.9 Å². The lowest BCUT2D eigenvalue weighted by molar-refractivity contribution is -0.128. The first kappa shape index (κ1) is 13.1. The fraction of sp³-hybridized carbons (Fsp3) is 0.357. The number of carbonyl (C=O) groups is 1. The molecule has 1 aromatic heterocycles. The average Bonchev–Trinajstić information content (AvgIpc) is 2.54. The Balaban J connectivity index is 1.75. The van der Waals surface area contributed by atoms with Crippen molar-refractivity contribution in [2.24, 2.45) is 0 Å². The summed E-state index contributed by atoms with van der Waals surface area (Å²) in [6.07, 6.45) is 1.79. The van der Waals surface area contributed by atoms with Crippen molar-refractivity contribution in [2.45, 2.75) is 0 Å². The van der Waals surface area contributed by atoms with Crippen LogP contribution in [-0.2, 0) is 4.79 Å². The van der Waals surface area contributed by atoms with E-state index in [9.17, 15) is 4.79 Å². The molecule has 1 aliphatic rings. The number of fused-ring (bicyclic) bond motifs is 1. The van der Waals surface area contributed by atoms with Crippen LogP contribution < -0.4 is 4.90 Å². The van der Waals surface area contributed by atoms with E-state index in [2.05, 4.69) is 14.9 Å². The van der Waals surface area contributed by atoms with Crippen molar-refractivity contribution < 1.29 is 4.79 Å². The number of halogens is 1. The predicted octanol–water partition coefficient (Wildman–Crippen LogP) is 1.52. The number of piperazine rings is 1. The quantitative estimate of drug-likeness (QED) is 0.787. The second-order valence-corrected chi connectivity index (χ2v) is 4.99. The normalized spacial score (nSPS) is 15.7. The second kappa shape index (κ2) is 5.63. The summed E-state index contributed by atoms with van der Waals surface area (Å²) in [5.74, 6) is 0.910. The number of hydrogen-bond acceptors (Lipinski definition) is 4. The number of hydrogen-bond donors (Lipinski definition) is 0. The minimum atomic E-state index is -0.00378. The minimum absolute atomic E-state index is 0.00378. The maximum Gasteiger partial charge on any atom is 0.237 e. The zero-order chi connectivity index (χ0) is 13.9. The van der Waals surface area contributed by atoms with Crippen molar-refractivity contribution in [3.63, 3.8) is 0 Å². The molecule has 0 radical (unpaired) electrons. The van der Waals surface area contributed by atoms with E-state index in [-0.39, 0.29) is 11.8 Å². The van der Waals surface area contributed by atoms with E-state index in [1.165, 1.54) is 0 Å². The van der Waals surface area contributed by atoms with Gasteiger partial charge in [0.15, 0.2) is 0 Å². The third kappa shape index (κ3) is 2.54. The molecule has 1 amide bonds. The van der Waals surface area contributed by atoms with Gasteiger partial charge in [-0.2, -0.15) is 0 Å². The lowest BCUT2D eigenvalue weighted by Crippen LogP contribution is -2.49. The molecule has 1 saturated heterocycles. The molecule has 0 N–H and O–H groups in total. The van der Waals surface area contributed by atoms with E-state index in [0.29, 0.717) is 13.1 Å². The van der Waals surface area contributed by atoms with E-state index in [1.807, 2.05) is 24.3 Å². The molecule has 0 unspecified atom stereocenters. The first-order valence-electron chi connectivity index (χ1n) is 6.58. The lowest BCUT2D eigenvalue weighted by Gasteiger charge is -2.35. The smallest absolute Gasteiger partial charge is 0.237 e. The maximum atomic E-state index is 11.5. The van der Waals surface area contributed by atoms with E-state index >= 15 is 0 Å². The first-order chi connectivity index (χ1) is 9.78. The molecule has 5 nitrogen and oxygen atoms in total. The SMILES string of the molecule is O=C(CCl)N1CCN(c2cnc3ccccc3n2)CC1. The van der Waals surface area contributed by atoms with E-state index in [4.69, 9.17) is 11.6 Å². The molecule has 104 valence electrons. The van der Waals surface area contributed by atoms with Gasteiger partial charge in [0.05, 0.1) is 17.2 Å². The molecule has 2 aromatic rings. The van der Waals surface area contributed by atoms with Gasteiger partial charge in [-0.25, -0.2) is 4.98 Å². The molecule has 6 heteroatoms. The van der Waals surface area contributed by atoms with Crippen LogP contribution in [0.5, 0.6) is 0 Å². The topological polar surface area (TPSA) is 49.3 Å². The van der Waals surface area contributed by atoms with E-state index < -0.39 is 0 Å². The van der Waals surface area contributed by atoms with Crippen LogP contribution >= 0.6 is 11.6 Å². The predicted molar refractivity (Wildman–Crippen MR) is 79.1 cm³/mol. The van der Waals surface area contributed by atoms with Gasteiger partial charge in [0.2, 0.25) is 5.91 Å². The van der Waals surface area contributed by atoms with E-state index in [1.54, 1.807) is 11.1 Å². The number of benzene rings is 1. The summed E-state index contributed by atoms with van der Waals surface area (Å²) in [5.41, 5.74) is 1.79. The molecule has 0 saturated carbocycles. The summed E-state index contributed by atoms with van der Waals surface area (Å²) in [7, 11) is 0. The van der Waals surface area contributed by atoms with Gasteiger partial charge in [-0.05, 0) is 12.1 Å². The maximum absolute atomic E-state index is 11.5. The number of para-hydroxylation sites is 2.